The average molecular weight is 324 g/mol. The third-order valence-electron chi connectivity index (χ3n) is 4.33. The first-order chi connectivity index (χ1) is 11.6. The first kappa shape index (κ1) is 16.4. The van der Waals surface area contributed by atoms with Crippen LogP contribution in [0.5, 0.6) is 5.75 Å². The van der Waals surface area contributed by atoms with Gasteiger partial charge < -0.3 is 10.1 Å². The minimum atomic E-state index is -0.0493. The van der Waals surface area contributed by atoms with Gasteiger partial charge in [0.2, 0.25) is 0 Å². The molecule has 1 aliphatic heterocycles. The van der Waals surface area contributed by atoms with E-state index in [9.17, 15) is 4.79 Å². The molecule has 2 aromatic rings. The van der Waals surface area contributed by atoms with Gasteiger partial charge in [0.05, 0.1) is 6.54 Å². The lowest BCUT2D eigenvalue weighted by molar-refractivity contribution is 0.241. The van der Waals surface area contributed by atoms with Gasteiger partial charge in [-0.3, -0.25) is 4.90 Å². The number of carbonyl (C=O) groups excluding carboxylic acids is 1. The number of nitrogens with one attached hydrogen (secondary N) is 1. The summed E-state index contributed by atoms with van der Waals surface area (Å²) >= 11 is 0. The molecule has 0 saturated carbocycles. The molecule has 1 aliphatic rings. The van der Waals surface area contributed by atoms with Gasteiger partial charge in [-0.1, -0.05) is 30.3 Å². The Morgan fingerprint density at radius 3 is 2.92 bits per heavy atom. The van der Waals surface area contributed by atoms with Crippen molar-refractivity contribution in [3.05, 3.63) is 59.2 Å². The SMILES string of the molecule is Cc1ccc(C)c(OCCNC(=O)N2CCCc3ccccc32)c1. The van der Waals surface area contributed by atoms with Crippen LogP contribution in [0.15, 0.2) is 42.5 Å². The molecule has 3 rings (SSSR count). The Morgan fingerprint density at radius 1 is 1.21 bits per heavy atom. The first-order valence-corrected chi connectivity index (χ1v) is 8.48. The fourth-order valence-corrected chi connectivity index (χ4v) is 3.02. The van der Waals surface area contributed by atoms with Gasteiger partial charge in [0.1, 0.15) is 12.4 Å². The van der Waals surface area contributed by atoms with Gasteiger partial charge in [-0.25, -0.2) is 4.79 Å². The molecule has 0 spiro atoms. The lowest BCUT2D eigenvalue weighted by Gasteiger charge is -2.29. The molecule has 0 atom stereocenters. The molecule has 0 saturated heterocycles. The van der Waals surface area contributed by atoms with Gasteiger partial charge in [-0.2, -0.15) is 0 Å². The highest BCUT2D eigenvalue weighted by Gasteiger charge is 2.21. The van der Waals surface area contributed by atoms with Crippen molar-refractivity contribution >= 4 is 11.7 Å². The van der Waals surface area contributed by atoms with Gasteiger partial charge in [-0.15, -0.1) is 0 Å². The third-order valence-corrected chi connectivity index (χ3v) is 4.33. The zero-order valence-corrected chi connectivity index (χ0v) is 14.3. The molecule has 0 aliphatic carbocycles. The summed E-state index contributed by atoms with van der Waals surface area (Å²) in [6, 6.07) is 14.2. The zero-order chi connectivity index (χ0) is 16.9. The summed E-state index contributed by atoms with van der Waals surface area (Å²) in [6.45, 7) is 5.79. The number of rotatable bonds is 4. The van der Waals surface area contributed by atoms with Crippen molar-refractivity contribution in [1.82, 2.24) is 5.32 Å². The Balaban J connectivity index is 1.52. The summed E-state index contributed by atoms with van der Waals surface area (Å²) in [4.78, 5) is 14.3. The van der Waals surface area contributed by atoms with E-state index in [0.29, 0.717) is 13.2 Å². The Bertz CT molecular complexity index is 727. The lowest BCUT2D eigenvalue weighted by Crippen LogP contribution is -2.44. The number of amides is 2. The summed E-state index contributed by atoms with van der Waals surface area (Å²) in [6.07, 6.45) is 2.04. The maximum atomic E-state index is 12.5. The van der Waals surface area contributed by atoms with E-state index in [2.05, 4.69) is 17.4 Å². The molecule has 1 heterocycles. The van der Waals surface area contributed by atoms with Crippen molar-refractivity contribution in [1.29, 1.82) is 0 Å². The summed E-state index contributed by atoms with van der Waals surface area (Å²) in [5.41, 5.74) is 4.55. The Kier molecular flexibility index (Phi) is 5.04. The van der Waals surface area contributed by atoms with E-state index in [1.807, 2.05) is 49.1 Å². The number of benzene rings is 2. The van der Waals surface area contributed by atoms with Crippen LogP contribution in [0.25, 0.3) is 0 Å². The summed E-state index contributed by atoms with van der Waals surface area (Å²) in [5, 5.41) is 2.96. The number of para-hydroxylation sites is 1. The maximum Gasteiger partial charge on any atom is 0.321 e. The second-order valence-corrected chi connectivity index (χ2v) is 6.23. The third kappa shape index (κ3) is 3.70. The smallest absolute Gasteiger partial charge is 0.321 e. The Labute approximate surface area is 143 Å². The molecule has 4 nitrogen and oxygen atoms in total. The van der Waals surface area contributed by atoms with Crippen LogP contribution in [0.3, 0.4) is 0 Å². The molecule has 2 amide bonds. The van der Waals surface area contributed by atoms with Crippen LogP contribution in [0.4, 0.5) is 10.5 Å². The van der Waals surface area contributed by atoms with Gasteiger partial charge in [0.25, 0.3) is 0 Å². The molecule has 126 valence electrons. The van der Waals surface area contributed by atoms with E-state index in [0.717, 1.165) is 36.4 Å². The number of aryl methyl sites for hydroxylation is 3. The molecule has 0 aromatic heterocycles. The van der Waals surface area contributed by atoms with Crippen molar-refractivity contribution in [2.75, 3.05) is 24.6 Å². The predicted molar refractivity (Wildman–Crippen MR) is 96.9 cm³/mol. The highest BCUT2D eigenvalue weighted by atomic mass is 16.5. The average Bonchev–Trinajstić information content (AvgIpc) is 2.60. The van der Waals surface area contributed by atoms with E-state index in [1.54, 1.807) is 0 Å². The number of hydrogen-bond acceptors (Lipinski definition) is 2. The number of anilines is 1. The van der Waals surface area contributed by atoms with Crippen LogP contribution in [0.2, 0.25) is 0 Å². The van der Waals surface area contributed by atoms with Crippen molar-refractivity contribution in [2.24, 2.45) is 0 Å². The number of urea groups is 1. The number of carbonyl (C=O) groups is 1. The van der Waals surface area contributed by atoms with Gasteiger partial charge in [-0.05, 0) is 55.5 Å². The number of ether oxygens (including phenoxy) is 1. The van der Waals surface area contributed by atoms with Crippen LogP contribution in [-0.4, -0.2) is 25.7 Å². The quantitative estimate of drug-likeness (QED) is 0.868. The summed E-state index contributed by atoms with van der Waals surface area (Å²) < 4.78 is 5.79. The fraction of sp³-hybridized carbons (Fsp3) is 0.350. The molecular weight excluding hydrogens is 300 g/mol. The van der Waals surface area contributed by atoms with E-state index >= 15 is 0 Å². The minimum Gasteiger partial charge on any atom is -0.491 e. The van der Waals surface area contributed by atoms with Crippen LogP contribution >= 0.6 is 0 Å². The van der Waals surface area contributed by atoms with Crippen LogP contribution in [0.1, 0.15) is 23.1 Å². The first-order valence-electron chi connectivity index (χ1n) is 8.48. The van der Waals surface area contributed by atoms with E-state index < -0.39 is 0 Å². The van der Waals surface area contributed by atoms with Crippen LogP contribution < -0.4 is 15.0 Å². The predicted octanol–water partition coefficient (Wildman–Crippen LogP) is 3.84. The van der Waals surface area contributed by atoms with E-state index in [1.165, 1.54) is 11.1 Å². The van der Waals surface area contributed by atoms with Gasteiger partial charge in [0.15, 0.2) is 0 Å². The van der Waals surface area contributed by atoms with Gasteiger partial charge >= 0.3 is 6.03 Å². The van der Waals surface area contributed by atoms with Crippen molar-refractivity contribution in [2.45, 2.75) is 26.7 Å². The van der Waals surface area contributed by atoms with Crippen molar-refractivity contribution < 1.29 is 9.53 Å². The zero-order valence-electron chi connectivity index (χ0n) is 14.3. The molecule has 0 unspecified atom stereocenters. The normalized spacial score (nSPS) is 13.3. The standard InChI is InChI=1S/C20H24N2O2/c1-15-9-10-16(2)19(14-15)24-13-11-21-20(23)22-12-5-7-17-6-3-4-8-18(17)22/h3-4,6,8-10,14H,5,7,11-13H2,1-2H3,(H,21,23). The molecule has 4 heteroatoms. The highest BCUT2D eigenvalue weighted by molar-refractivity contribution is 5.93. The maximum absolute atomic E-state index is 12.5. The van der Waals surface area contributed by atoms with E-state index in [4.69, 9.17) is 4.74 Å². The monoisotopic (exact) mass is 324 g/mol. The summed E-state index contributed by atoms with van der Waals surface area (Å²) in [5.74, 6) is 0.882. The number of fused-ring (bicyclic) bond motifs is 1. The second-order valence-electron chi connectivity index (χ2n) is 6.23. The molecule has 0 fully saturated rings. The van der Waals surface area contributed by atoms with Crippen LogP contribution in [-0.2, 0) is 6.42 Å². The molecule has 1 N–H and O–H groups in total. The van der Waals surface area contributed by atoms with E-state index in [-0.39, 0.29) is 6.03 Å². The van der Waals surface area contributed by atoms with Crippen LogP contribution in [0, 0.1) is 13.8 Å². The minimum absolute atomic E-state index is 0.0493. The van der Waals surface area contributed by atoms with Crippen molar-refractivity contribution in [3.63, 3.8) is 0 Å². The number of nitrogens with zero attached hydrogens (tertiary/aromatic N) is 1. The molecule has 2 aromatic carbocycles. The fourth-order valence-electron chi connectivity index (χ4n) is 3.02. The highest BCUT2D eigenvalue weighted by Crippen LogP contribution is 2.26. The molecule has 24 heavy (non-hydrogen) atoms. The van der Waals surface area contributed by atoms with Gasteiger partial charge in [0, 0.05) is 12.2 Å². The lowest BCUT2D eigenvalue weighted by atomic mass is 10.0. The number of hydrogen-bond donors (Lipinski definition) is 1. The molecular formula is C20H24N2O2. The molecule has 0 bridgehead atoms. The largest absolute Gasteiger partial charge is 0.491 e. The Hall–Kier alpha value is -2.49. The Morgan fingerprint density at radius 2 is 2.04 bits per heavy atom. The second kappa shape index (κ2) is 7.39. The summed E-state index contributed by atoms with van der Waals surface area (Å²) in [7, 11) is 0. The molecule has 0 radical (unpaired) electrons. The topological polar surface area (TPSA) is 41.6 Å². The van der Waals surface area contributed by atoms with Crippen molar-refractivity contribution in [3.8, 4) is 5.75 Å².